The van der Waals surface area contributed by atoms with Crippen molar-refractivity contribution in [1.82, 2.24) is 24.7 Å². The topological polar surface area (TPSA) is 109 Å². The van der Waals surface area contributed by atoms with Gasteiger partial charge in [0.05, 0.1) is 18.8 Å². The van der Waals surface area contributed by atoms with Crippen LogP contribution in [0.2, 0.25) is 0 Å². The maximum atomic E-state index is 15.3. The Morgan fingerprint density at radius 1 is 1.14 bits per heavy atom. The number of alkyl halides is 1. The number of rotatable bonds is 6. The normalized spacial score (nSPS) is 21.9. The molecule has 2 saturated heterocycles. The molecule has 0 spiro atoms. The van der Waals surface area contributed by atoms with Gasteiger partial charge in [-0.3, -0.25) is 10.2 Å². The Labute approximate surface area is 210 Å². The minimum Gasteiger partial charge on any atom is -0.443 e. The van der Waals surface area contributed by atoms with Crippen molar-refractivity contribution in [1.29, 1.82) is 0 Å². The monoisotopic (exact) mass is 512 g/mol. The van der Waals surface area contributed by atoms with E-state index in [1.54, 1.807) is 43.3 Å². The first-order valence-corrected chi connectivity index (χ1v) is 12.3. The molecule has 3 heterocycles. The molecular formula is C24H25FN6O4S. The second-order valence-electron chi connectivity index (χ2n) is 8.76. The molecule has 2 fully saturated rings. The maximum absolute atomic E-state index is 15.3. The zero-order chi connectivity index (χ0) is 25.3. The van der Waals surface area contributed by atoms with Crippen LogP contribution in [0.3, 0.4) is 0 Å². The van der Waals surface area contributed by atoms with Crippen LogP contribution in [0.15, 0.2) is 65.5 Å². The molecule has 0 aliphatic carbocycles. The van der Waals surface area contributed by atoms with Gasteiger partial charge in [-0.25, -0.2) is 22.9 Å². The molecule has 3 unspecified atom stereocenters. The highest BCUT2D eigenvalue weighted by Gasteiger charge is 2.48. The van der Waals surface area contributed by atoms with E-state index in [1.165, 1.54) is 13.9 Å². The smallest absolute Gasteiger partial charge is 0.407 e. The number of hydrogen-bond donors (Lipinski definition) is 2. The van der Waals surface area contributed by atoms with Gasteiger partial charge in [0, 0.05) is 13.1 Å². The summed E-state index contributed by atoms with van der Waals surface area (Å²) in [6.45, 7) is 2.28. The molecule has 3 atom stereocenters. The van der Waals surface area contributed by atoms with Crippen LogP contribution in [0.25, 0.3) is 5.69 Å². The Kier molecular flexibility index (Phi) is 6.46. The number of hydrazine groups is 1. The molecule has 10 nitrogen and oxygen atoms in total. The van der Waals surface area contributed by atoms with Crippen LogP contribution in [-0.4, -0.2) is 64.5 Å². The zero-order valence-corrected chi connectivity index (χ0v) is 20.3. The molecule has 12 heteroatoms. The summed E-state index contributed by atoms with van der Waals surface area (Å²) in [6, 6.07) is 18.1. The molecule has 0 radical (unpaired) electrons. The third-order valence-electron chi connectivity index (χ3n) is 6.52. The van der Waals surface area contributed by atoms with Crippen molar-refractivity contribution in [3.63, 3.8) is 0 Å². The molecule has 2 aliphatic heterocycles. The van der Waals surface area contributed by atoms with Crippen LogP contribution >= 0.6 is 11.5 Å². The van der Waals surface area contributed by atoms with Crippen LogP contribution in [-0.2, 0) is 14.9 Å². The van der Waals surface area contributed by atoms with Gasteiger partial charge in [0.2, 0.25) is 11.0 Å². The SMILES string of the molecule is CC(C(=O)NN1CCN(c2nc(=O)n(-c3ccccc3)s2)C(F)C1)(c1ccccc1)C1CNC(=O)O1. The molecule has 5 rings (SSSR count). The second kappa shape index (κ2) is 9.70. The predicted octanol–water partition coefficient (Wildman–Crippen LogP) is 1.81. The number of nitrogens with zero attached hydrogens (tertiary/aromatic N) is 4. The van der Waals surface area contributed by atoms with Crippen molar-refractivity contribution in [3.05, 3.63) is 76.7 Å². The number of benzene rings is 2. The van der Waals surface area contributed by atoms with Crippen molar-refractivity contribution in [2.45, 2.75) is 24.7 Å². The molecule has 3 aromatic rings. The van der Waals surface area contributed by atoms with Gasteiger partial charge >= 0.3 is 11.8 Å². The number of ether oxygens (including phenoxy) is 1. The summed E-state index contributed by atoms with van der Waals surface area (Å²) < 4.78 is 22.1. The van der Waals surface area contributed by atoms with Crippen molar-refractivity contribution in [2.75, 3.05) is 31.1 Å². The average molecular weight is 513 g/mol. The molecule has 2 aliphatic rings. The number of carbonyl (C=O) groups is 2. The van der Waals surface area contributed by atoms with Crippen LogP contribution in [0.4, 0.5) is 14.3 Å². The summed E-state index contributed by atoms with van der Waals surface area (Å²) in [6.07, 6.45) is -2.81. The number of hydrogen-bond acceptors (Lipinski definition) is 8. The van der Waals surface area contributed by atoms with Crippen molar-refractivity contribution in [3.8, 4) is 5.69 Å². The molecule has 2 N–H and O–H groups in total. The molecular weight excluding hydrogens is 487 g/mol. The van der Waals surface area contributed by atoms with E-state index >= 15 is 4.39 Å². The number of halogens is 1. The van der Waals surface area contributed by atoms with E-state index in [0.717, 1.165) is 11.5 Å². The first kappa shape index (κ1) is 23.9. The van der Waals surface area contributed by atoms with Gasteiger partial charge in [-0.05, 0) is 36.2 Å². The average Bonchev–Trinajstić information content (AvgIpc) is 3.50. The van der Waals surface area contributed by atoms with E-state index in [-0.39, 0.29) is 24.8 Å². The van der Waals surface area contributed by atoms with Crippen molar-refractivity contribution >= 4 is 28.7 Å². The van der Waals surface area contributed by atoms with E-state index in [9.17, 15) is 14.4 Å². The fourth-order valence-electron chi connectivity index (χ4n) is 4.39. The lowest BCUT2D eigenvalue weighted by atomic mass is 9.76. The van der Waals surface area contributed by atoms with Crippen LogP contribution in [0, 0.1) is 0 Å². The van der Waals surface area contributed by atoms with Gasteiger partial charge in [-0.2, -0.15) is 4.98 Å². The lowest BCUT2D eigenvalue weighted by Gasteiger charge is -2.39. The number of alkyl carbamates (subject to hydrolysis) is 1. The first-order valence-electron chi connectivity index (χ1n) is 11.5. The number of nitrogens with one attached hydrogen (secondary N) is 2. The highest BCUT2D eigenvalue weighted by atomic mass is 32.1. The number of aromatic nitrogens is 2. The van der Waals surface area contributed by atoms with Gasteiger partial charge in [0.15, 0.2) is 6.30 Å². The number of anilines is 1. The van der Waals surface area contributed by atoms with E-state index in [0.29, 0.717) is 17.8 Å². The van der Waals surface area contributed by atoms with Crippen LogP contribution < -0.4 is 21.3 Å². The summed E-state index contributed by atoms with van der Waals surface area (Å²) >= 11 is 1.07. The molecule has 36 heavy (non-hydrogen) atoms. The summed E-state index contributed by atoms with van der Waals surface area (Å²) in [7, 11) is 0. The van der Waals surface area contributed by atoms with Crippen LogP contribution in [0.5, 0.6) is 0 Å². The minimum absolute atomic E-state index is 0.127. The Bertz CT molecular complexity index is 1300. The fourth-order valence-corrected chi connectivity index (χ4v) is 5.33. The molecule has 188 valence electrons. The number of para-hydroxylation sites is 1. The lowest BCUT2D eigenvalue weighted by Crippen LogP contribution is -2.61. The standard InChI is InChI=1S/C24H25FN6O4S/c1-24(16-8-4-2-5-9-16,18-14-26-23(34)35-18)20(32)28-29-12-13-30(19(25)15-29)22-27-21(33)31(36-22)17-10-6-3-7-11-17/h2-11,18-19H,12-15H2,1H3,(H,26,34)(H,28,32). The number of piperazine rings is 1. The Balaban J connectivity index is 1.30. The van der Waals surface area contributed by atoms with E-state index in [4.69, 9.17) is 4.74 Å². The van der Waals surface area contributed by atoms with E-state index in [2.05, 4.69) is 15.7 Å². The van der Waals surface area contributed by atoms with E-state index < -0.39 is 35.5 Å². The number of carbonyl (C=O) groups excluding carboxylic acids is 2. The summed E-state index contributed by atoms with van der Waals surface area (Å²) in [4.78, 5) is 43.1. The Morgan fingerprint density at radius 3 is 2.47 bits per heavy atom. The zero-order valence-electron chi connectivity index (χ0n) is 19.5. The molecule has 2 amide bonds. The van der Waals surface area contributed by atoms with Crippen molar-refractivity contribution in [2.24, 2.45) is 0 Å². The summed E-state index contributed by atoms with van der Waals surface area (Å²) in [5.74, 6) is -0.408. The van der Waals surface area contributed by atoms with Gasteiger partial charge < -0.3 is 15.0 Å². The van der Waals surface area contributed by atoms with Gasteiger partial charge in [-0.15, -0.1) is 0 Å². The Hall–Kier alpha value is -3.77. The number of amides is 2. The summed E-state index contributed by atoms with van der Waals surface area (Å²) in [5.41, 5.74) is 2.49. The number of cyclic esters (lactones) is 1. The quantitative estimate of drug-likeness (QED) is 0.485. The highest BCUT2D eigenvalue weighted by Crippen LogP contribution is 2.32. The molecule has 1 aromatic heterocycles. The van der Waals surface area contributed by atoms with Gasteiger partial charge in [0.25, 0.3) is 0 Å². The van der Waals surface area contributed by atoms with Crippen LogP contribution in [0.1, 0.15) is 12.5 Å². The van der Waals surface area contributed by atoms with Gasteiger partial charge in [-0.1, -0.05) is 48.5 Å². The molecule has 0 bridgehead atoms. The highest BCUT2D eigenvalue weighted by molar-refractivity contribution is 7.10. The second-order valence-corrected chi connectivity index (χ2v) is 9.67. The third-order valence-corrected chi connectivity index (χ3v) is 7.56. The fraction of sp³-hybridized carbons (Fsp3) is 0.333. The van der Waals surface area contributed by atoms with E-state index in [1.807, 2.05) is 24.3 Å². The first-order chi connectivity index (χ1) is 17.4. The minimum atomic E-state index is -1.50. The summed E-state index contributed by atoms with van der Waals surface area (Å²) in [5, 5.41) is 4.38. The molecule has 2 aromatic carbocycles. The molecule has 0 saturated carbocycles. The van der Waals surface area contributed by atoms with Gasteiger partial charge in [0.1, 0.15) is 11.5 Å². The lowest BCUT2D eigenvalue weighted by molar-refractivity contribution is -0.135. The third kappa shape index (κ3) is 4.44. The predicted molar refractivity (Wildman–Crippen MR) is 132 cm³/mol. The Morgan fingerprint density at radius 2 is 1.83 bits per heavy atom. The largest absolute Gasteiger partial charge is 0.443 e. The van der Waals surface area contributed by atoms with Crippen molar-refractivity contribution < 1.29 is 18.7 Å². The maximum Gasteiger partial charge on any atom is 0.407 e.